The molecule has 2 rings (SSSR count). The third kappa shape index (κ3) is 126. The van der Waals surface area contributed by atoms with E-state index in [-0.39, 0.29) is 123 Å². The van der Waals surface area contributed by atoms with Crippen molar-refractivity contribution in [3.63, 3.8) is 0 Å². The van der Waals surface area contributed by atoms with Crippen LogP contribution in [-0.2, 0) is 128 Å². The molecule has 0 saturated carbocycles. The Morgan fingerprint density at radius 1 is 0.224 bits per heavy atom. The molecule has 0 atom stereocenters. The average Bonchev–Trinajstić information content (AvgIpc) is 1.95. The zero-order valence-electron chi connectivity index (χ0n) is 66.8. The fourth-order valence-corrected chi connectivity index (χ4v) is 7.72. The van der Waals surface area contributed by atoms with E-state index in [1.54, 1.807) is 107 Å². The molecule has 27 nitrogen and oxygen atoms in total. The molecule has 107 heavy (non-hydrogen) atoms. The van der Waals surface area contributed by atoms with Crippen molar-refractivity contribution in [1.82, 2.24) is 0 Å². The molecule has 2 fully saturated rings. The summed E-state index contributed by atoms with van der Waals surface area (Å²) in [7, 11) is 25.0. The van der Waals surface area contributed by atoms with Crippen LogP contribution in [0.3, 0.4) is 0 Å². The standard InChI is InChI=1S/2C10H22O3.C9H20O3.2C8H18O3.C7H14O3.C7H16O3.C6H12O3.C6H14O3.9CH4/c1-4-12-10(13-5-2)8-6-7-9-11-3;1-4-7-12-10(6-9-11-3)13-8-5-2;1-4-11-9(12-5-2)7-6-8-10-3;1-9-7-5-4-6-8(10-2)11-3;1-4-10-8(11-5-2)6-7-9-3;1-8-6-3-7-9-4-2-5-10-7;1-8-6-4-5-7(9-2)10-3;1-7-3-2-6-8-4-5-9-6;1-7-5-4-6(8-2)9-3;;;;;;;;;/h2*10H,4-9H2,1-3H3;9H,4-8H2,1-3H3;2*8H,4-7H2,1-3H3;7H,2-6H2,1H3;7H,4-6H2,1-3H3;6H,2-5H2,1H3;6H,4-5H2,1-3H3;9*1H4. The predicted molar refractivity (Wildman–Crippen MR) is 444 cm³/mol. The van der Waals surface area contributed by atoms with Gasteiger partial charge in [-0.05, 0) is 112 Å². The van der Waals surface area contributed by atoms with Crippen molar-refractivity contribution in [2.24, 2.45) is 0 Å². The third-order valence-electron chi connectivity index (χ3n) is 12.7. The molecule has 0 N–H and O–H groups in total. The quantitative estimate of drug-likeness (QED) is 0.0405. The van der Waals surface area contributed by atoms with Crippen LogP contribution in [0, 0.1) is 0 Å². The highest BCUT2D eigenvalue weighted by Crippen LogP contribution is 2.11. The maximum Gasteiger partial charge on any atom is 0.160 e. The lowest BCUT2D eigenvalue weighted by molar-refractivity contribution is -0.185. The van der Waals surface area contributed by atoms with Crippen LogP contribution in [0.1, 0.15) is 238 Å². The monoisotopic (exact) mass is 1590 g/mol. The fraction of sp³-hybridized carbons (Fsp3) is 1.00. The van der Waals surface area contributed by atoms with E-state index < -0.39 is 0 Å². The first kappa shape index (κ1) is 144. The summed E-state index contributed by atoms with van der Waals surface area (Å²) in [6.07, 6.45) is 16.6. The molecule has 674 valence electrons. The lowest BCUT2D eigenvalue weighted by atomic mass is 10.2. The second-order valence-electron chi connectivity index (χ2n) is 20.7. The SMILES string of the molecule is C.C.C.C.C.C.C.C.C.CCCOC(CCOC)OCCC.CCOC(CCCCOC)OCC.CCOC(CCCOC)OCC.CCOC(CCOC)OCC.COCCC(OC)OC.COCCC1OCCCO1.COCCC1OCCO1.COCCCC(OC)OC.COCCCCC(OC)OC. The number of rotatable bonds is 57. The second kappa shape index (κ2) is 134. The largest absolute Gasteiger partial charge is 0.385 e. The van der Waals surface area contributed by atoms with E-state index in [1.807, 2.05) is 41.5 Å². The van der Waals surface area contributed by atoms with Gasteiger partial charge >= 0.3 is 0 Å². The summed E-state index contributed by atoms with van der Waals surface area (Å²) >= 11 is 0. The Hall–Kier alpha value is -1.08. The molecule has 0 aromatic carbocycles. The summed E-state index contributed by atoms with van der Waals surface area (Å²) in [4.78, 5) is 0. The van der Waals surface area contributed by atoms with Gasteiger partial charge in [-0.25, -0.2) is 0 Å². The summed E-state index contributed by atoms with van der Waals surface area (Å²) in [5, 5.41) is 0. The van der Waals surface area contributed by atoms with Crippen LogP contribution in [0.5, 0.6) is 0 Å². The first-order chi connectivity index (χ1) is 47.8. The fourth-order valence-electron chi connectivity index (χ4n) is 7.72. The minimum Gasteiger partial charge on any atom is -0.385 e. The van der Waals surface area contributed by atoms with Crippen molar-refractivity contribution < 1.29 is 128 Å². The van der Waals surface area contributed by atoms with Crippen molar-refractivity contribution >= 4 is 0 Å². The van der Waals surface area contributed by atoms with E-state index in [2.05, 4.69) is 13.8 Å². The predicted octanol–water partition coefficient (Wildman–Crippen LogP) is 17.6. The molecular formula is C80H192O27. The van der Waals surface area contributed by atoms with Crippen molar-refractivity contribution in [3.8, 4) is 0 Å². The smallest absolute Gasteiger partial charge is 0.160 e. The lowest BCUT2D eigenvalue weighted by Gasteiger charge is -2.22. The van der Waals surface area contributed by atoms with Gasteiger partial charge in [-0.3, -0.25) is 0 Å². The summed E-state index contributed by atoms with van der Waals surface area (Å²) in [6, 6.07) is 0. The Morgan fingerprint density at radius 3 is 0.701 bits per heavy atom. The van der Waals surface area contributed by atoms with Gasteiger partial charge in [0.25, 0.3) is 0 Å². The van der Waals surface area contributed by atoms with Crippen LogP contribution in [0.4, 0.5) is 0 Å². The molecule has 0 aromatic heterocycles. The maximum absolute atomic E-state index is 5.49. The number of unbranched alkanes of at least 4 members (excludes halogenated alkanes) is 2. The number of ether oxygens (including phenoxy) is 27. The van der Waals surface area contributed by atoms with E-state index >= 15 is 0 Å². The van der Waals surface area contributed by atoms with Crippen LogP contribution in [-0.4, -0.2) is 302 Å². The summed E-state index contributed by atoms with van der Waals surface area (Å²) < 4.78 is 138. The van der Waals surface area contributed by atoms with Gasteiger partial charge in [-0.1, -0.05) is 80.7 Å². The van der Waals surface area contributed by atoms with Crippen molar-refractivity contribution in [1.29, 1.82) is 0 Å². The Balaban J connectivity index is -0.0000000617. The molecule has 0 aliphatic carbocycles. The normalized spacial score (nSPS) is 11.8. The Labute approximate surface area is 665 Å². The average molecular weight is 1590 g/mol. The summed E-state index contributed by atoms with van der Waals surface area (Å²) in [5.74, 6) is 0. The molecule has 0 bridgehead atoms. The molecule has 2 aliphatic rings. The van der Waals surface area contributed by atoms with Gasteiger partial charge in [-0.15, -0.1) is 0 Å². The van der Waals surface area contributed by atoms with E-state index in [4.69, 9.17) is 128 Å². The molecule has 0 amide bonds. The number of hydrogen-bond acceptors (Lipinski definition) is 27. The van der Waals surface area contributed by atoms with Crippen LogP contribution < -0.4 is 0 Å². The molecule has 27 heteroatoms. The Bertz CT molecular complexity index is 1240. The lowest BCUT2D eigenvalue weighted by Crippen LogP contribution is -2.25. The molecule has 2 aliphatic heterocycles. The maximum atomic E-state index is 5.49. The van der Waals surface area contributed by atoms with Crippen LogP contribution in [0.2, 0.25) is 0 Å². The molecule has 0 aromatic rings. The van der Waals surface area contributed by atoms with Gasteiger partial charge in [0.2, 0.25) is 0 Å². The third-order valence-corrected chi connectivity index (χ3v) is 12.7. The first-order valence-corrected chi connectivity index (χ1v) is 35.8. The molecule has 0 radical (unpaired) electrons. The zero-order chi connectivity index (χ0) is 74.9. The highest BCUT2D eigenvalue weighted by Gasteiger charge is 2.16. The Morgan fingerprint density at radius 2 is 0.439 bits per heavy atom. The van der Waals surface area contributed by atoms with Gasteiger partial charge in [-0.2, -0.15) is 0 Å². The number of hydrogen-bond donors (Lipinski definition) is 0. The van der Waals surface area contributed by atoms with E-state index in [1.165, 1.54) is 0 Å². The van der Waals surface area contributed by atoms with Crippen molar-refractivity contribution in [2.75, 3.05) is 245 Å². The molecule has 2 heterocycles. The molecule has 0 spiro atoms. The zero-order valence-corrected chi connectivity index (χ0v) is 66.8. The molecule has 0 unspecified atom stereocenters. The van der Waals surface area contributed by atoms with Crippen LogP contribution >= 0.6 is 0 Å². The Kier molecular flexibility index (Phi) is 181. The van der Waals surface area contributed by atoms with Crippen LogP contribution in [0.15, 0.2) is 0 Å². The first-order valence-electron chi connectivity index (χ1n) is 35.8. The van der Waals surface area contributed by atoms with Gasteiger partial charge in [0.05, 0.1) is 59.5 Å². The van der Waals surface area contributed by atoms with Crippen molar-refractivity contribution in [2.45, 2.75) is 294 Å². The van der Waals surface area contributed by atoms with E-state index in [0.29, 0.717) is 59.5 Å². The van der Waals surface area contributed by atoms with E-state index in [0.717, 1.165) is 195 Å². The van der Waals surface area contributed by atoms with Crippen LogP contribution in [0.25, 0.3) is 0 Å². The second-order valence-corrected chi connectivity index (χ2v) is 20.7. The van der Waals surface area contributed by atoms with Gasteiger partial charge < -0.3 is 128 Å². The van der Waals surface area contributed by atoms with Gasteiger partial charge in [0, 0.05) is 231 Å². The van der Waals surface area contributed by atoms with Crippen molar-refractivity contribution in [3.05, 3.63) is 0 Å². The summed E-state index contributed by atoms with van der Waals surface area (Å²) in [5.41, 5.74) is 0. The molecular weight excluding hydrogens is 1390 g/mol. The number of methoxy groups -OCH3 is 15. The van der Waals surface area contributed by atoms with Gasteiger partial charge in [0.15, 0.2) is 56.6 Å². The summed E-state index contributed by atoms with van der Waals surface area (Å²) in [6.45, 7) is 31.5. The highest BCUT2D eigenvalue weighted by molar-refractivity contribution is 4.53. The van der Waals surface area contributed by atoms with E-state index in [9.17, 15) is 0 Å². The minimum absolute atomic E-state index is 0. The highest BCUT2D eigenvalue weighted by atomic mass is 16.7. The minimum atomic E-state index is -0.120. The van der Waals surface area contributed by atoms with Gasteiger partial charge in [0.1, 0.15) is 0 Å². The molecule has 2 saturated heterocycles. The topological polar surface area (TPSA) is 249 Å².